The third kappa shape index (κ3) is 5.56. The normalized spacial score (nSPS) is 22.8. The lowest BCUT2D eigenvalue weighted by molar-refractivity contribution is -0.151. The highest BCUT2D eigenvalue weighted by molar-refractivity contribution is 5.81. The van der Waals surface area contributed by atoms with Crippen LogP contribution in [0.1, 0.15) is 60.3 Å². The predicted octanol–water partition coefficient (Wildman–Crippen LogP) is 3.37. The van der Waals surface area contributed by atoms with Crippen molar-refractivity contribution in [2.24, 2.45) is 5.92 Å². The fourth-order valence-electron chi connectivity index (χ4n) is 2.71. The largest absolute Gasteiger partial charge is 0.464 e. The number of nitrogens with zero attached hydrogens (tertiary/aromatic N) is 1. The Morgan fingerprint density at radius 3 is 2.43 bits per heavy atom. The molecule has 1 aliphatic heterocycles. The number of ether oxygens (including phenoxy) is 2. The minimum Gasteiger partial charge on any atom is -0.464 e. The second kappa shape index (κ2) is 7.66. The third-order valence-corrected chi connectivity index (χ3v) is 3.59. The van der Waals surface area contributed by atoms with Crippen LogP contribution in [0.15, 0.2) is 0 Å². The molecule has 1 heterocycles. The highest BCUT2D eigenvalue weighted by Gasteiger charge is 2.38. The van der Waals surface area contributed by atoms with Gasteiger partial charge < -0.3 is 9.47 Å². The summed E-state index contributed by atoms with van der Waals surface area (Å²) in [7, 11) is 0. The molecule has 1 saturated heterocycles. The molecule has 5 heteroatoms. The number of esters is 1. The molecule has 1 aliphatic rings. The van der Waals surface area contributed by atoms with Crippen LogP contribution in [0.5, 0.6) is 0 Å². The van der Waals surface area contributed by atoms with Crippen molar-refractivity contribution >= 4 is 12.1 Å². The average Bonchev–Trinajstić information content (AvgIpc) is 2.37. The smallest absolute Gasteiger partial charge is 0.411 e. The van der Waals surface area contributed by atoms with Crippen LogP contribution in [0.3, 0.4) is 0 Å². The minimum atomic E-state index is -0.559. The summed E-state index contributed by atoms with van der Waals surface area (Å²) in [5.74, 6) is 0.159. The minimum absolute atomic E-state index is 0.316. The molecule has 21 heavy (non-hydrogen) atoms. The van der Waals surface area contributed by atoms with Crippen molar-refractivity contribution in [2.45, 2.75) is 71.9 Å². The van der Waals surface area contributed by atoms with E-state index in [9.17, 15) is 9.59 Å². The number of likely N-dealkylation sites (tertiary alicyclic amines) is 1. The van der Waals surface area contributed by atoms with E-state index in [1.54, 1.807) is 6.92 Å². The van der Waals surface area contributed by atoms with Crippen LogP contribution < -0.4 is 0 Å². The molecule has 0 saturated carbocycles. The first-order valence-electron chi connectivity index (χ1n) is 7.94. The standard InChI is InChI=1S/C16H29NO4/c1-6-8-12-9-10-17(15(19)21-16(3,4)5)13(11-12)14(18)20-7-2/h12-13H,6-11H2,1-5H3/t12-,13+/m0/s1. The number of carbonyl (C=O) groups excluding carboxylic acids is 2. The first-order valence-corrected chi connectivity index (χ1v) is 7.94. The summed E-state index contributed by atoms with van der Waals surface area (Å²) < 4.78 is 10.5. The van der Waals surface area contributed by atoms with E-state index in [1.165, 1.54) is 4.90 Å². The van der Waals surface area contributed by atoms with Crippen molar-refractivity contribution in [2.75, 3.05) is 13.2 Å². The van der Waals surface area contributed by atoms with Gasteiger partial charge in [0, 0.05) is 6.54 Å². The zero-order valence-corrected chi connectivity index (χ0v) is 14.0. The quantitative estimate of drug-likeness (QED) is 0.747. The molecule has 0 aromatic rings. The lowest BCUT2D eigenvalue weighted by Crippen LogP contribution is -2.52. The van der Waals surface area contributed by atoms with Gasteiger partial charge in [-0.2, -0.15) is 0 Å². The summed E-state index contributed by atoms with van der Waals surface area (Å²) >= 11 is 0. The van der Waals surface area contributed by atoms with Crippen molar-refractivity contribution < 1.29 is 19.1 Å². The van der Waals surface area contributed by atoms with Crippen LogP contribution in [0.25, 0.3) is 0 Å². The van der Waals surface area contributed by atoms with Crippen molar-refractivity contribution in [3.63, 3.8) is 0 Å². The first-order chi connectivity index (χ1) is 9.78. The average molecular weight is 299 g/mol. The fraction of sp³-hybridized carbons (Fsp3) is 0.875. The Morgan fingerprint density at radius 1 is 1.24 bits per heavy atom. The van der Waals surface area contributed by atoms with E-state index in [1.807, 2.05) is 20.8 Å². The van der Waals surface area contributed by atoms with Crippen LogP contribution in [-0.4, -0.2) is 41.8 Å². The van der Waals surface area contributed by atoms with E-state index in [4.69, 9.17) is 9.47 Å². The van der Waals surface area contributed by atoms with Crippen molar-refractivity contribution in [1.29, 1.82) is 0 Å². The summed E-state index contributed by atoms with van der Waals surface area (Å²) in [5, 5.41) is 0. The van der Waals surface area contributed by atoms with Crippen LogP contribution in [0, 0.1) is 5.92 Å². The summed E-state index contributed by atoms with van der Waals surface area (Å²) in [4.78, 5) is 26.0. The van der Waals surface area contributed by atoms with Crippen LogP contribution in [0.4, 0.5) is 4.79 Å². The number of amides is 1. The summed E-state index contributed by atoms with van der Waals surface area (Å²) in [6, 6.07) is -0.509. The second-order valence-electron chi connectivity index (χ2n) is 6.62. The van der Waals surface area contributed by atoms with E-state index >= 15 is 0 Å². The number of piperidine rings is 1. The van der Waals surface area contributed by atoms with Gasteiger partial charge in [0.25, 0.3) is 0 Å². The number of carbonyl (C=O) groups is 2. The number of hydrogen-bond acceptors (Lipinski definition) is 4. The van der Waals surface area contributed by atoms with Gasteiger partial charge in [-0.25, -0.2) is 9.59 Å². The molecule has 0 spiro atoms. The molecule has 5 nitrogen and oxygen atoms in total. The van der Waals surface area contributed by atoms with E-state index in [2.05, 4.69) is 6.92 Å². The Labute approximate surface area is 128 Å². The topological polar surface area (TPSA) is 55.8 Å². The van der Waals surface area contributed by atoms with Crippen LogP contribution in [0.2, 0.25) is 0 Å². The molecule has 0 aromatic carbocycles. The zero-order chi connectivity index (χ0) is 16.0. The molecule has 0 N–H and O–H groups in total. The highest BCUT2D eigenvalue weighted by atomic mass is 16.6. The second-order valence-corrected chi connectivity index (χ2v) is 6.62. The van der Waals surface area contributed by atoms with Gasteiger partial charge in [0.15, 0.2) is 0 Å². The molecular formula is C16H29NO4. The number of hydrogen-bond donors (Lipinski definition) is 0. The lowest BCUT2D eigenvalue weighted by Gasteiger charge is -2.38. The monoisotopic (exact) mass is 299 g/mol. The van der Waals surface area contributed by atoms with Gasteiger partial charge in [-0.3, -0.25) is 4.90 Å². The maximum Gasteiger partial charge on any atom is 0.411 e. The molecule has 1 rings (SSSR count). The molecule has 0 bridgehead atoms. The van der Waals surface area contributed by atoms with E-state index in [0.717, 1.165) is 19.3 Å². The molecule has 122 valence electrons. The zero-order valence-electron chi connectivity index (χ0n) is 14.0. The summed E-state index contributed by atoms with van der Waals surface area (Å²) in [5.41, 5.74) is -0.559. The van der Waals surface area contributed by atoms with Gasteiger partial charge in [0.2, 0.25) is 0 Å². The van der Waals surface area contributed by atoms with Gasteiger partial charge in [-0.05, 0) is 46.5 Å². The Hall–Kier alpha value is -1.26. The van der Waals surface area contributed by atoms with Gasteiger partial charge in [0.1, 0.15) is 11.6 Å². The summed E-state index contributed by atoms with van der Waals surface area (Å²) in [6.45, 7) is 10.3. The van der Waals surface area contributed by atoms with Gasteiger partial charge in [-0.15, -0.1) is 0 Å². The number of rotatable bonds is 4. The van der Waals surface area contributed by atoms with Gasteiger partial charge in [-0.1, -0.05) is 19.8 Å². The van der Waals surface area contributed by atoms with E-state index < -0.39 is 17.7 Å². The van der Waals surface area contributed by atoms with Crippen molar-refractivity contribution in [1.82, 2.24) is 4.90 Å². The van der Waals surface area contributed by atoms with Crippen LogP contribution >= 0.6 is 0 Å². The summed E-state index contributed by atoms with van der Waals surface area (Å²) in [6.07, 6.45) is 3.34. The Balaban J connectivity index is 2.79. The SMILES string of the molecule is CCC[C@H]1CCN(C(=O)OC(C)(C)C)[C@@H](C(=O)OCC)C1. The first kappa shape index (κ1) is 17.8. The molecular weight excluding hydrogens is 270 g/mol. The van der Waals surface area contributed by atoms with E-state index in [-0.39, 0.29) is 5.97 Å². The molecule has 0 aromatic heterocycles. The van der Waals surface area contributed by atoms with Crippen LogP contribution in [-0.2, 0) is 14.3 Å². The lowest BCUT2D eigenvalue weighted by atomic mass is 9.88. The van der Waals surface area contributed by atoms with Crippen molar-refractivity contribution in [3.05, 3.63) is 0 Å². The Morgan fingerprint density at radius 2 is 1.90 bits per heavy atom. The molecule has 1 amide bonds. The highest BCUT2D eigenvalue weighted by Crippen LogP contribution is 2.28. The molecule has 0 aliphatic carbocycles. The maximum absolute atomic E-state index is 12.3. The predicted molar refractivity (Wildman–Crippen MR) is 81.0 cm³/mol. The molecule has 2 atom stereocenters. The van der Waals surface area contributed by atoms with E-state index in [0.29, 0.717) is 25.5 Å². The van der Waals surface area contributed by atoms with Crippen molar-refractivity contribution in [3.8, 4) is 0 Å². The molecule has 0 unspecified atom stereocenters. The van der Waals surface area contributed by atoms with Gasteiger partial charge in [0.05, 0.1) is 6.61 Å². The van der Waals surface area contributed by atoms with Gasteiger partial charge >= 0.3 is 12.1 Å². The molecule has 1 fully saturated rings. The third-order valence-electron chi connectivity index (χ3n) is 3.59. The molecule has 0 radical (unpaired) electrons. The fourth-order valence-corrected chi connectivity index (χ4v) is 2.71. The maximum atomic E-state index is 12.3. The Bertz CT molecular complexity index is 362. The Kier molecular flexibility index (Phi) is 6.49.